The van der Waals surface area contributed by atoms with Crippen LogP contribution in [-0.2, 0) is 11.3 Å². The summed E-state index contributed by atoms with van der Waals surface area (Å²) >= 11 is 0. The van der Waals surface area contributed by atoms with Crippen LogP contribution in [0.1, 0.15) is 12.0 Å². The first-order valence-corrected chi connectivity index (χ1v) is 4.98. The van der Waals surface area contributed by atoms with Gasteiger partial charge in [0.15, 0.2) is 0 Å². The third kappa shape index (κ3) is 2.76. The monoisotopic (exact) mass is 208 g/mol. The summed E-state index contributed by atoms with van der Waals surface area (Å²) in [7, 11) is 0. The van der Waals surface area contributed by atoms with Crippen molar-refractivity contribution in [3.05, 3.63) is 35.6 Å². The minimum Gasteiger partial charge on any atom is -0.354 e. The van der Waals surface area contributed by atoms with Gasteiger partial charge in [-0.15, -0.1) is 0 Å². The molecule has 0 saturated carbocycles. The molecule has 4 heteroatoms. The Bertz CT molecular complexity index is 367. The number of nitrogens with one attached hydrogen (secondary N) is 2. The predicted octanol–water partition coefficient (Wildman–Crippen LogP) is 0.804. The van der Waals surface area contributed by atoms with E-state index in [1.807, 2.05) is 6.07 Å². The van der Waals surface area contributed by atoms with E-state index in [4.69, 9.17) is 0 Å². The first-order valence-electron chi connectivity index (χ1n) is 4.98. The van der Waals surface area contributed by atoms with Gasteiger partial charge in [-0.25, -0.2) is 4.39 Å². The van der Waals surface area contributed by atoms with Gasteiger partial charge in [0.1, 0.15) is 5.82 Å². The molecule has 0 aromatic heterocycles. The summed E-state index contributed by atoms with van der Waals surface area (Å²) in [6.45, 7) is 1.26. The van der Waals surface area contributed by atoms with Gasteiger partial charge in [0.25, 0.3) is 0 Å². The molecule has 1 aromatic rings. The number of halogens is 1. The zero-order valence-electron chi connectivity index (χ0n) is 8.29. The van der Waals surface area contributed by atoms with E-state index >= 15 is 0 Å². The first-order chi connectivity index (χ1) is 7.24. The molecule has 0 spiro atoms. The summed E-state index contributed by atoms with van der Waals surface area (Å²) in [4.78, 5) is 10.9. The molecule has 1 aliphatic heterocycles. The molecule has 1 aromatic carbocycles. The number of amides is 1. The Morgan fingerprint density at radius 3 is 3.07 bits per heavy atom. The first kappa shape index (κ1) is 10.1. The molecule has 80 valence electrons. The summed E-state index contributed by atoms with van der Waals surface area (Å²) in [5.74, 6) is -0.151. The highest BCUT2D eigenvalue weighted by molar-refractivity contribution is 5.78. The molecule has 2 N–H and O–H groups in total. The van der Waals surface area contributed by atoms with Gasteiger partial charge >= 0.3 is 0 Å². The third-order valence-corrected chi connectivity index (χ3v) is 2.46. The van der Waals surface area contributed by atoms with E-state index in [1.165, 1.54) is 12.1 Å². The fourth-order valence-electron chi connectivity index (χ4n) is 1.66. The molecule has 1 unspecified atom stereocenters. The Morgan fingerprint density at radius 2 is 2.40 bits per heavy atom. The van der Waals surface area contributed by atoms with Crippen molar-refractivity contribution < 1.29 is 9.18 Å². The summed E-state index contributed by atoms with van der Waals surface area (Å²) in [6, 6.07) is 6.63. The maximum Gasteiger partial charge on any atom is 0.221 e. The average Bonchev–Trinajstić information content (AvgIpc) is 2.62. The van der Waals surface area contributed by atoms with Crippen LogP contribution in [-0.4, -0.2) is 18.5 Å². The zero-order valence-corrected chi connectivity index (χ0v) is 8.29. The van der Waals surface area contributed by atoms with Crippen molar-refractivity contribution in [2.24, 2.45) is 0 Å². The Labute approximate surface area is 87.7 Å². The van der Waals surface area contributed by atoms with Crippen molar-refractivity contribution in [3.63, 3.8) is 0 Å². The van der Waals surface area contributed by atoms with Crippen molar-refractivity contribution in [2.75, 3.05) is 6.54 Å². The second kappa shape index (κ2) is 4.40. The maximum atomic E-state index is 12.8. The maximum absolute atomic E-state index is 12.8. The second-order valence-corrected chi connectivity index (χ2v) is 3.72. The van der Waals surface area contributed by atoms with Crippen LogP contribution in [0.25, 0.3) is 0 Å². The minimum absolute atomic E-state index is 0.0757. The summed E-state index contributed by atoms with van der Waals surface area (Å²) in [6.07, 6.45) is 0.509. The van der Waals surface area contributed by atoms with Crippen molar-refractivity contribution in [1.29, 1.82) is 0 Å². The molecule has 0 radical (unpaired) electrons. The van der Waals surface area contributed by atoms with E-state index in [0.717, 1.165) is 5.56 Å². The SMILES string of the molecule is O=C1CC(NCc2cccc(F)c2)CN1. The smallest absolute Gasteiger partial charge is 0.221 e. The number of hydrogen-bond acceptors (Lipinski definition) is 2. The van der Waals surface area contributed by atoms with Crippen molar-refractivity contribution in [1.82, 2.24) is 10.6 Å². The Morgan fingerprint density at radius 1 is 1.53 bits per heavy atom. The lowest BCUT2D eigenvalue weighted by Crippen LogP contribution is -2.30. The van der Waals surface area contributed by atoms with E-state index in [-0.39, 0.29) is 17.8 Å². The van der Waals surface area contributed by atoms with Crippen LogP contribution in [0.4, 0.5) is 4.39 Å². The molecule has 1 atom stereocenters. The molecule has 3 nitrogen and oxygen atoms in total. The average molecular weight is 208 g/mol. The van der Waals surface area contributed by atoms with Gasteiger partial charge in [-0.1, -0.05) is 12.1 Å². The van der Waals surface area contributed by atoms with Crippen molar-refractivity contribution in [3.8, 4) is 0 Å². The number of carbonyl (C=O) groups excluding carboxylic acids is 1. The van der Waals surface area contributed by atoms with Gasteiger partial charge in [0, 0.05) is 25.6 Å². The number of rotatable bonds is 3. The van der Waals surface area contributed by atoms with Crippen molar-refractivity contribution >= 4 is 5.91 Å². The van der Waals surface area contributed by atoms with Crippen LogP contribution in [0.5, 0.6) is 0 Å². The third-order valence-electron chi connectivity index (χ3n) is 2.46. The van der Waals surface area contributed by atoms with Crippen LogP contribution in [0.15, 0.2) is 24.3 Å². The normalized spacial score (nSPS) is 20.3. The molecular weight excluding hydrogens is 195 g/mol. The quantitative estimate of drug-likeness (QED) is 0.771. The minimum atomic E-state index is -0.227. The van der Waals surface area contributed by atoms with Gasteiger partial charge < -0.3 is 10.6 Å². The van der Waals surface area contributed by atoms with E-state index in [9.17, 15) is 9.18 Å². The lowest BCUT2D eigenvalue weighted by molar-refractivity contribution is -0.119. The highest BCUT2D eigenvalue weighted by atomic mass is 19.1. The molecule has 1 fully saturated rings. The summed E-state index contributed by atoms with van der Waals surface area (Å²) < 4.78 is 12.8. The fraction of sp³-hybridized carbons (Fsp3) is 0.364. The van der Waals surface area contributed by atoms with Crippen LogP contribution in [0, 0.1) is 5.82 Å². The van der Waals surface area contributed by atoms with Gasteiger partial charge in [0.2, 0.25) is 5.91 Å². The molecule has 1 amide bonds. The van der Waals surface area contributed by atoms with E-state index in [0.29, 0.717) is 19.5 Å². The molecule has 1 aliphatic rings. The van der Waals surface area contributed by atoms with Gasteiger partial charge in [-0.05, 0) is 17.7 Å². The lowest BCUT2D eigenvalue weighted by atomic mass is 10.2. The highest BCUT2D eigenvalue weighted by Crippen LogP contribution is 2.05. The van der Waals surface area contributed by atoms with Crippen molar-refractivity contribution in [2.45, 2.75) is 19.0 Å². The Balaban J connectivity index is 1.85. The molecule has 2 rings (SSSR count). The summed E-state index contributed by atoms with van der Waals surface area (Å²) in [5.41, 5.74) is 0.898. The molecule has 15 heavy (non-hydrogen) atoms. The topological polar surface area (TPSA) is 41.1 Å². The van der Waals surface area contributed by atoms with E-state index < -0.39 is 0 Å². The molecule has 0 aliphatic carbocycles. The largest absolute Gasteiger partial charge is 0.354 e. The molecule has 1 heterocycles. The van der Waals surface area contributed by atoms with Crippen LogP contribution in [0.2, 0.25) is 0 Å². The molecule has 0 bridgehead atoms. The van der Waals surface area contributed by atoms with Gasteiger partial charge in [-0.2, -0.15) is 0 Å². The summed E-state index contributed by atoms with van der Waals surface area (Å²) in [5, 5.41) is 5.95. The Hall–Kier alpha value is -1.42. The molecule has 1 saturated heterocycles. The zero-order chi connectivity index (χ0) is 10.7. The number of carbonyl (C=O) groups is 1. The van der Waals surface area contributed by atoms with Crippen LogP contribution in [0.3, 0.4) is 0 Å². The van der Waals surface area contributed by atoms with E-state index in [1.54, 1.807) is 6.07 Å². The lowest BCUT2D eigenvalue weighted by Gasteiger charge is -2.09. The van der Waals surface area contributed by atoms with Crippen LogP contribution < -0.4 is 10.6 Å². The Kier molecular flexibility index (Phi) is 2.97. The highest BCUT2D eigenvalue weighted by Gasteiger charge is 2.20. The number of hydrogen-bond donors (Lipinski definition) is 2. The van der Waals surface area contributed by atoms with E-state index in [2.05, 4.69) is 10.6 Å². The van der Waals surface area contributed by atoms with Crippen LogP contribution >= 0.6 is 0 Å². The molecular formula is C11H13FN2O. The van der Waals surface area contributed by atoms with Gasteiger partial charge in [0.05, 0.1) is 0 Å². The predicted molar refractivity (Wildman–Crippen MR) is 54.7 cm³/mol. The number of benzene rings is 1. The standard InChI is InChI=1S/C11H13FN2O/c12-9-3-1-2-8(4-9)6-13-10-5-11(15)14-7-10/h1-4,10,13H,5-7H2,(H,14,15). The fourth-order valence-corrected chi connectivity index (χ4v) is 1.66. The second-order valence-electron chi connectivity index (χ2n) is 3.72. The van der Waals surface area contributed by atoms with Gasteiger partial charge in [-0.3, -0.25) is 4.79 Å².